The summed E-state index contributed by atoms with van der Waals surface area (Å²) >= 11 is 0. The molecule has 3 N–H and O–H groups in total. The van der Waals surface area contributed by atoms with E-state index in [4.69, 9.17) is 5.11 Å². The van der Waals surface area contributed by atoms with E-state index in [0.29, 0.717) is 6.07 Å². The van der Waals surface area contributed by atoms with E-state index in [-0.39, 0.29) is 5.56 Å². The molecule has 1 rings (SSSR count). The first-order valence-electron chi connectivity index (χ1n) is 4.83. The highest BCUT2D eigenvalue weighted by atomic mass is 19.4. The Kier molecular flexibility index (Phi) is 4.30. The first-order valence-corrected chi connectivity index (χ1v) is 4.83. The molecule has 0 saturated carbocycles. The van der Waals surface area contributed by atoms with Crippen LogP contribution in [0.4, 0.5) is 28.0 Å². The van der Waals surface area contributed by atoms with E-state index >= 15 is 0 Å². The number of carboxylic acids is 1. The van der Waals surface area contributed by atoms with Crippen LogP contribution in [0.5, 0.6) is 0 Å². The van der Waals surface area contributed by atoms with Crippen LogP contribution in [0.1, 0.15) is 10.4 Å². The summed E-state index contributed by atoms with van der Waals surface area (Å²) in [5.41, 5.74) is -0.775. The van der Waals surface area contributed by atoms with E-state index in [2.05, 4.69) is 0 Å². The highest BCUT2D eigenvalue weighted by molar-refractivity contribution is 5.91. The number of nitrogens with one attached hydrogen (secondary N) is 2. The van der Waals surface area contributed by atoms with E-state index in [1.807, 2.05) is 5.32 Å². The molecule has 5 nitrogen and oxygen atoms in total. The van der Waals surface area contributed by atoms with Gasteiger partial charge in [-0.25, -0.2) is 14.0 Å². The maximum Gasteiger partial charge on any atom is 0.405 e. The molecule has 104 valence electrons. The van der Waals surface area contributed by atoms with Crippen LogP contribution in [0.25, 0.3) is 0 Å². The Bertz CT molecular complexity index is 502. The van der Waals surface area contributed by atoms with Crippen LogP contribution < -0.4 is 10.6 Å². The van der Waals surface area contributed by atoms with Crippen LogP contribution in [0.3, 0.4) is 0 Å². The van der Waals surface area contributed by atoms with Crippen LogP contribution in [0.2, 0.25) is 0 Å². The molecule has 0 aliphatic rings. The zero-order valence-corrected chi connectivity index (χ0v) is 9.21. The number of amides is 2. The predicted octanol–water partition coefficient (Wildman–Crippen LogP) is 2.21. The number of halogens is 4. The number of urea groups is 1. The molecule has 1 aromatic rings. The van der Waals surface area contributed by atoms with Crippen LogP contribution >= 0.6 is 0 Å². The van der Waals surface area contributed by atoms with Gasteiger partial charge in [0.05, 0.1) is 11.3 Å². The fourth-order valence-corrected chi connectivity index (χ4v) is 1.10. The van der Waals surface area contributed by atoms with E-state index in [1.165, 1.54) is 5.32 Å². The van der Waals surface area contributed by atoms with Gasteiger partial charge in [-0.2, -0.15) is 13.2 Å². The van der Waals surface area contributed by atoms with Gasteiger partial charge in [-0.15, -0.1) is 0 Å². The number of carbonyl (C=O) groups excluding carboxylic acids is 1. The summed E-state index contributed by atoms with van der Waals surface area (Å²) in [4.78, 5) is 21.5. The lowest BCUT2D eigenvalue weighted by Gasteiger charge is -2.10. The fraction of sp³-hybridized carbons (Fsp3) is 0.200. The first-order chi connectivity index (χ1) is 8.69. The number of rotatable bonds is 3. The molecule has 2 amide bonds. The monoisotopic (exact) mass is 280 g/mol. The molecule has 0 atom stereocenters. The smallest absolute Gasteiger partial charge is 0.405 e. The normalized spacial score (nSPS) is 10.9. The van der Waals surface area contributed by atoms with Gasteiger partial charge in [-0.3, -0.25) is 0 Å². The second-order valence-electron chi connectivity index (χ2n) is 3.42. The molecular formula is C10H8F4N2O3. The lowest BCUT2D eigenvalue weighted by atomic mass is 10.2. The fourth-order valence-electron chi connectivity index (χ4n) is 1.10. The van der Waals surface area contributed by atoms with Gasteiger partial charge >= 0.3 is 18.2 Å². The van der Waals surface area contributed by atoms with Crippen molar-refractivity contribution in [3.63, 3.8) is 0 Å². The summed E-state index contributed by atoms with van der Waals surface area (Å²) in [6, 6.07) is 1.33. The van der Waals surface area contributed by atoms with Gasteiger partial charge in [0.1, 0.15) is 12.4 Å². The number of anilines is 1. The van der Waals surface area contributed by atoms with Crippen molar-refractivity contribution in [3.8, 4) is 0 Å². The molecule has 0 bridgehead atoms. The molecular weight excluding hydrogens is 272 g/mol. The molecule has 0 saturated heterocycles. The van der Waals surface area contributed by atoms with Crippen molar-refractivity contribution in [2.24, 2.45) is 0 Å². The Balaban J connectivity index is 2.67. The second kappa shape index (κ2) is 5.55. The van der Waals surface area contributed by atoms with Crippen molar-refractivity contribution in [1.82, 2.24) is 5.32 Å². The molecule has 0 unspecified atom stereocenters. The van der Waals surface area contributed by atoms with Crippen LogP contribution in [-0.4, -0.2) is 29.8 Å². The van der Waals surface area contributed by atoms with Gasteiger partial charge in [0.2, 0.25) is 0 Å². The zero-order valence-electron chi connectivity index (χ0n) is 9.21. The number of benzene rings is 1. The Morgan fingerprint density at radius 3 is 2.37 bits per heavy atom. The van der Waals surface area contributed by atoms with E-state index in [9.17, 15) is 27.2 Å². The van der Waals surface area contributed by atoms with Crippen molar-refractivity contribution in [1.29, 1.82) is 0 Å². The lowest BCUT2D eigenvalue weighted by molar-refractivity contribution is -0.122. The zero-order chi connectivity index (χ0) is 14.6. The van der Waals surface area contributed by atoms with Crippen molar-refractivity contribution in [2.75, 3.05) is 11.9 Å². The molecule has 0 aliphatic carbocycles. The van der Waals surface area contributed by atoms with Gasteiger partial charge in [0.15, 0.2) is 0 Å². The summed E-state index contributed by atoms with van der Waals surface area (Å²) in [5, 5.41) is 11.9. The van der Waals surface area contributed by atoms with E-state index in [1.54, 1.807) is 0 Å². The molecule has 0 radical (unpaired) electrons. The number of aromatic carboxylic acids is 1. The summed E-state index contributed by atoms with van der Waals surface area (Å²) in [5.74, 6) is -2.44. The third-order valence-corrected chi connectivity index (χ3v) is 1.91. The number of carboxylic acid groups (broad SMARTS) is 1. The maximum absolute atomic E-state index is 13.3. The highest BCUT2D eigenvalue weighted by Gasteiger charge is 2.27. The van der Waals surface area contributed by atoms with Gasteiger partial charge in [-0.05, 0) is 18.2 Å². The number of hydrogen-bond acceptors (Lipinski definition) is 2. The van der Waals surface area contributed by atoms with Crippen molar-refractivity contribution in [2.45, 2.75) is 6.18 Å². The maximum atomic E-state index is 13.3. The SMILES string of the molecule is O=C(NCC(F)(F)F)Nc1ccc(C(=O)O)cc1F. The highest BCUT2D eigenvalue weighted by Crippen LogP contribution is 2.16. The van der Waals surface area contributed by atoms with Gasteiger partial charge in [0, 0.05) is 0 Å². The molecule has 0 aromatic heterocycles. The molecule has 0 aliphatic heterocycles. The van der Waals surface area contributed by atoms with Gasteiger partial charge in [-0.1, -0.05) is 0 Å². The van der Waals surface area contributed by atoms with E-state index in [0.717, 1.165) is 12.1 Å². The van der Waals surface area contributed by atoms with E-state index < -0.39 is 36.2 Å². The van der Waals surface area contributed by atoms with Gasteiger partial charge < -0.3 is 15.7 Å². The van der Waals surface area contributed by atoms with Crippen molar-refractivity contribution in [3.05, 3.63) is 29.6 Å². The predicted molar refractivity (Wildman–Crippen MR) is 56.4 cm³/mol. The van der Waals surface area contributed by atoms with Crippen LogP contribution in [-0.2, 0) is 0 Å². The van der Waals surface area contributed by atoms with Crippen molar-refractivity contribution < 1.29 is 32.3 Å². The summed E-state index contributed by atoms with van der Waals surface area (Å²) in [6.45, 7) is -1.56. The van der Waals surface area contributed by atoms with Crippen molar-refractivity contribution >= 4 is 17.7 Å². The minimum atomic E-state index is -4.58. The topological polar surface area (TPSA) is 78.4 Å². The number of alkyl halides is 3. The summed E-state index contributed by atoms with van der Waals surface area (Å²) in [7, 11) is 0. The van der Waals surface area contributed by atoms with Crippen LogP contribution in [0.15, 0.2) is 18.2 Å². The number of hydrogen-bond donors (Lipinski definition) is 3. The molecule has 1 aromatic carbocycles. The summed E-state index contributed by atoms with van der Waals surface area (Å²) in [6.07, 6.45) is -4.58. The minimum Gasteiger partial charge on any atom is -0.478 e. The Morgan fingerprint density at radius 2 is 1.89 bits per heavy atom. The number of carbonyl (C=O) groups is 2. The second-order valence-corrected chi connectivity index (χ2v) is 3.42. The Hall–Kier alpha value is -2.32. The Labute approximate surface area is 104 Å². The largest absolute Gasteiger partial charge is 0.478 e. The average Bonchev–Trinajstić information content (AvgIpc) is 2.28. The standard InChI is InChI=1S/C10H8F4N2O3/c11-6-3-5(8(17)18)1-2-7(6)16-9(19)15-4-10(12,13)14/h1-3H,4H2,(H,17,18)(H2,15,16,19). The third kappa shape index (κ3) is 4.82. The lowest BCUT2D eigenvalue weighted by Crippen LogP contribution is -2.36. The first kappa shape index (κ1) is 14.7. The molecule has 0 fully saturated rings. The Morgan fingerprint density at radius 1 is 1.26 bits per heavy atom. The molecule has 0 spiro atoms. The molecule has 19 heavy (non-hydrogen) atoms. The quantitative estimate of drug-likeness (QED) is 0.743. The average molecular weight is 280 g/mol. The van der Waals surface area contributed by atoms with Gasteiger partial charge in [0.25, 0.3) is 0 Å². The minimum absolute atomic E-state index is 0.348. The summed E-state index contributed by atoms with van der Waals surface area (Å²) < 4.78 is 48.7. The third-order valence-electron chi connectivity index (χ3n) is 1.91. The van der Waals surface area contributed by atoms with Crippen LogP contribution in [0, 0.1) is 5.82 Å². The molecule has 9 heteroatoms. The molecule has 0 heterocycles.